The van der Waals surface area contributed by atoms with Crippen LogP contribution in [0.4, 0.5) is 5.69 Å². The summed E-state index contributed by atoms with van der Waals surface area (Å²) in [6.07, 6.45) is 1.51. The molecule has 0 unspecified atom stereocenters. The summed E-state index contributed by atoms with van der Waals surface area (Å²) < 4.78 is 1.59. The Bertz CT molecular complexity index is 768. The fourth-order valence-corrected chi connectivity index (χ4v) is 2.86. The van der Waals surface area contributed by atoms with Gasteiger partial charge in [-0.3, -0.25) is 9.59 Å². The third kappa shape index (κ3) is 3.61. The minimum atomic E-state index is -0.120. The van der Waals surface area contributed by atoms with Crippen molar-refractivity contribution in [3.8, 4) is 0 Å². The van der Waals surface area contributed by atoms with Gasteiger partial charge in [-0.15, -0.1) is 0 Å². The zero-order chi connectivity index (χ0) is 17.1. The molecule has 3 rings (SSSR count). The van der Waals surface area contributed by atoms with Crippen molar-refractivity contribution in [2.45, 2.75) is 39.8 Å². The van der Waals surface area contributed by atoms with E-state index in [9.17, 15) is 9.59 Å². The molecule has 126 valence electrons. The number of carbonyl (C=O) groups is 2. The summed E-state index contributed by atoms with van der Waals surface area (Å²) >= 11 is 0. The van der Waals surface area contributed by atoms with Gasteiger partial charge in [0.25, 0.3) is 0 Å². The monoisotopic (exact) mass is 327 g/mol. The van der Waals surface area contributed by atoms with Gasteiger partial charge < -0.3 is 10.2 Å². The molecule has 1 fully saturated rings. The van der Waals surface area contributed by atoms with Crippen molar-refractivity contribution in [1.29, 1.82) is 0 Å². The molecule has 0 radical (unpaired) electrons. The Balaban J connectivity index is 1.59. The van der Waals surface area contributed by atoms with E-state index in [2.05, 4.69) is 15.4 Å². The number of aromatic nitrogens is 3. The lowest BCUT2D eigenvalue weighted by Gasteiger charge is -2.16. The van der Waals surface area contributed by atoms with Crippen molar-refractivity contribution in [3.63, 3.8) is 0 Å². The van der Waals surface area contributed by atoms with E-state index in [1.165, 1.54) is 0 Å². The summed E-state index contributed by atoms with van der Waals surface area (Å²) in [7, 11) is 0. The lowest BCUT2D eigenvalue weighted by Crippen LogP contribution is -2.28. The fraction of sp³-hybridized carbons (Fsp3) is 0.412. The van der Waals surface area contributed by atoms with E-state index in [-0.39, 0.29) is 18.4 Å². The number of carbonyl (C=O) groups excluding carboxylic acids is 2. The van der Waals surface area contributed by atoms with Crippen LogP contribution in [-0.2, 0) is 22.7 Å². The van der Waals surface area contributed by atoms with E-state index < -0.39 is 0 Å². The van der Waals surface area contributed by atoms with Gasteiger partial charge in [0.15, 0.2) is 0 Å². The number of hydrogen-bond acceptors (Lipinski definition) is 4. The Kier molecular flexibility index (Phi) is 4.59. The molecule has 1 aromatic heterocycles. The zero-order valence-electron chi connectivity index (χ0n) is 14.0. The zero-order valence-corrected chi connectivity index (χ0v) is 14.0. The van der Waals surface area contributed by atoms with Crippen molar-refractivity contribution in [2.75, 3.05) is 11.4 Å². The van der Waals surface area contributed by atoms with Crippen LogP contribution in [0.2, 0.25) is 0 Å². The van der Waals surface area contributed by atoms with Gasteiger partial charge in [0.05, 0.1) is 0 Å². The van der Waals surface area contributed by atoms with Gasteiger partial charge in [-0.25, -0.2) is 9.67 Å². The van der Waals surface area contributed by atoms with Gasteiger partial charge in [-0.1, -0.05) is 12.1 Å². The highest BCUT2D eigenvalue weighted by Gasteiger charge is 2.21. The van der Waals surface area contributed by atoms with Gasteiger partial charge in [0, 0.05) is 25.2 Å². The molecule has 2 aromatic rings. The maximum absolute atomic E-state index is 12.1. The second-order valence-corrected chi connectivity index (χ2v) is 5.96. The minimum Gasteiger partial charge on any atom is -0.350 e. The van der Waals surface area contributed by atoms with Crippen LogP contribution in [0.25, 0.3) is 0 Å². The first-order valence-electron chi connectivity index (χ1n) is 8.07. The summed E-state index contributed by atoms with van der Waals surface area (Å²) in [6.45, 7) is 4.95. The number of amides is 2. The van der Waals surface area contributed by atoms with E-state index in [0.29, 0.717) is 18.8 Å². The standard InChI is InChI=1S/C17H21N5O2/c1-12-19-13(2)22(20-12)11-16(23)18-10-14-5-3-6-15(9-14)21-8-4-7-17(21)24/h3,5-6,9H,4,7-8,10-11H2,1-2H3,(H,18,23). The predicted molar refractivity (Wildman–Crippen MR) is 89.4 cm³/mol. The Morgan fingerprint density at radius 1 is 1.33 bits per heavy atom. The van der Waals surface area contributed by atoms with Gasteiger partial charge in [-0.2, -0.15) is 5.10 Å². The highest BCUT2D eigenvalue weighted by Crippen LogP contribution is 2.22. The van der Waals surface area contributed by atoms with Crippen molar-refractivity contribution < 1.29 is 9.59 Å². The van der Waals surface area contributed by atoms with Crippen molar-refractivity contribution in [2.24, 2.45) is 0 Å². The first kappa shape index (κ1) is 16.2. The van der Waals surface area contributed by atoms with Crippen LogP contribution in [0.3, 0.4) is 0 Å². The molecule has 0 aliphatic carbocycles. The van der Waals surface area contributed by atoms with Crippen LogP contribution in [0.15, 0.2) is 24.3 Å². The number of nitrogens with zero attached hydrogens (tertiary/aromatic N) is 4. The normalized spacial score (nSPS) is 14.2. The summed E-state index contributed by atoms with van der Waals surface area (Å²) in [5, 5.41) is 7.06. The molecule has 0 atom stereocenters. The Morgan fingerprint density at radius 2 is 2.17 bits per heavy atom. The number of benzene rings is 1. The Morgan fingerprint density at radius 3 is 2.83 bits per heavy atom. The van der Waals surface area contributed by atoms with E-state index in [4.69, 9.17) is 0 Å². The molecule has 7 nitrogen and oxygen atoms in total. The number of hydrogen-bond donors (Lipinski definition) is 1. The van der Waals surface area contributed by atoms with Crippen LogP contribution < -0.4 is 10.2 Å². The quantitative estimate of drug-likeness (QED) is 0.898. The summed E-state index contributed by atoms with van der Waals surface area (Å²) in [4.78, 5) is 29.9. The van der Waals surface area contributed by atoms with Gasteiger partial charge in [-0.05, 0) is 38.0 Å². The molecule has 1 N–H and O–H groups in total. The van der Waals surface area contributed by atoms with Crippen LogP contribution in [0.5, 0.6) is 0 Å². The first-order valence-corrected chi connectivity index (χ1v) is 8.07. The smallest absolute Gasteiger partial charge is 0.242 e. The molecule has 24 heavy (non-hydrogen) atoms. The summed E-state index contributed by atoms with van der Waals surface area (Å²) in [5.74, 6) is 1.42. The molecule has 1 aliphatic rings. The maximum atomic E-state index is 12.1. The third-order valence-corrected chi connectivity index (χ3v) is 4.04. The van der Waals surface area contributed by atoms with E-state index >= 15 is 0 Å². The average Bonchev–Trinajstić information content (AvgIpc) is 3.11. The van der Waals surface area contributed by atoms with Gasteiger partial charge >= 0.3 is 0 Å². The second kappa shape index (κ2) is 6.82. The van der Waals surface area contributed by atoms with E-state index in [0.717, 1.165) is 30.0 Å². The SMILES string of the molecule is Cc1nc(C)n(CC(=O)NCc2cccc(N3CCCC3=O)c2)n1. The highest BCUT2D eigenvalue weighted by molar-refractivity contribution is 5.95. The minimum absolute atomic E-state index is 0.120. The third-order valence-electron chi connectivity index (χ3n) is 4.04. The molecule has 1 saturated heterocycles. The Labute approximate surface area is 140 Å². The molecule has 2 heterocycles. The molecule has 0 saturated carbocycles. The van der Waals surface area contributed by atoms with E-state index in [1.54, 1.807) is 16.5 Å². The molecular formula is C17H21N5O2. The number of anilines is 1. The van der Waals surface area contributed by atoms with Crippen molar-refractivity contribution >= 4 is 17.5 Å². The maximum Gasteiger partial charge on any atom is 0.242 e. The lowest BCUT2D eigenvalue weighted by molar-refractivity contribution is -0.122. The van der Waals surface area contributed by atoms with E-state index in [1.807, 2.05) is 31.2 Å². The van der Waals surface area contributed by atoms with Crippen LogP contribution in [-0.4, -0.2) is 33.1 Å². The molecular weight excluding hydrogens is 306 g/mol. The molecule has 0 bridgehead atoms. The van der Waals surface area contributed by atoms with Gasteiger partial charge in [0.1, 0.15) is 18.2 Å². The second-order valence-electron chi connectivity index (χ2n) is 5.96. The molecule has 1 aliphatic heterocycles. The predicted octanol–water partition coefficient (Wildman–Crippen LogP) is 1.34. The number of aryl methyl sites for hydroxylation is 2. The first-order chi connectivity index (χ1) is 11.5. The molecule has 2 amide bonds. The van der Waals surface area contributed by atoms with Crippen molar-refractivity contribution in [3.05, 3.63) is 41.5 Å². The molecule has 0 spiro atoms. The van der Waals surface area contributed by atoms with Crippen LogP contribution in [0, 0.1) is 13.8 Å². The number of rotatable bonds is 5. The topological polar surface area (TPSA) is 80.1 Å². The van der Waals surface area contributed by atoms with Gasteiger partial charge in [0.2, 0.25) is 11.8 Å². The molecule has 7 heteroatoms. The summed E-state index contributed by atoms with van der Waals surface area (Å²) in [6, 6.07) is 7.73. The average molecular weight is 327 g/mol. The largest absolute Gasteiger partial charge is 0.350 e. The summed E-state index contributed by atoms with van der Waals surface area (Å²) in [5.41, 5.74) is 1.86. The fourth-order valence-electron chi connectivity index (χ4n) is 2.86. The highest BCUT2D eigenvalue weighted by atomic mass is 16.2. The lowest BCUT2D eigenvalue weighted by atomic mass is 10.2. The molecule has 1 aromatic carbocycles. The van der Waals surface area contributed by atoms with Crippen LogP contribution in [0.1, 0.15) is 30.1 Å². The Hall–Kier alpha value is -2.70. The number of nitrogens with one attached hydrogen (secondary N) is 1. The van der Waals surface area contributed by atoms with Crippen molar-refractivity contribution in [1.82, 2.24) is 20.1 Å². The van der Waals surface area contributed by atoms with Crippen LogP contribution >= 0.6 is 0 Å².